The van der Waals surface area contributed by atoms with Crippen LogP contribution in [0.3, 0.4) is 0 Å². The van der Waals surface area contributed by atoms with Gasteiger partial charge < -0.3 is 44.8 Å². The van der Waals surface area contributed by atoms with Crippen LogP contribution in [0, 0.1) is 36.8 Å². The molecular formula is C63H73F2N11O6S. The summed E-state index contributed by atoms with van der Waals surface area (Å²) in [6, 6.07) is 15.3. The number of piperazine rings is 1. The summed E-state index contributed by atoms with van der Waals surface area (Å²) in [5.41, 5.74) is 4.05. The lowest BCUT2D eigenvalue weighted by atomic mass is 9.79. The number of nitrogens with zero attached hydrogens (tertiary/aromatic N) is 9. The number of terminal acetylenes is 1. The van der Waals surface area contributed by atoms with Gasteiger partial charge in [0, 0.05) is 87.7 Å². The first kappa shape index (κ1) is 57.5. The van der Waals surface area contributed by atoms with Crippen molar-refractivity contribution in [1.82, 2.24) is 45.5 Å². The Bertz CT molecular complexity index is 3510. The fourth-order valence-electron chi connectivity index (χ4n) is 12.8. The number of piperidine rings is 2. The van der Waals surface area contributed by atoms with Crippen LogP contribution in [0.5, 0.6) is 11.8 Å². The molecule has 4 atom stereocenters. The lowest BCUT2D eigenvalue weighted by Gasteiger charge is -2.41. The fraction of sp³-hybridized carbons (Fsp3) is 0.476. The second kappa shape index (κ2) is 24.9. The van der Waals surface area contributed by atoms with Crippen LogP contribution in [0.25, 0.3) is 43.4 Å². The number of aryl methyl sites for hydroxylation is 1. The number of aromatic hydroxyl groups is 1. The van der Waals surface area contributed by atoms with Crippen molar-refractivity contribution in [3.05, 3.63) is 101 Å². The molecule has 4 N–H and O–H groups in total. The highest BCUT2D eigenvalue weighted by molar-refractivity contribution is 7.13. The predicted octanol–water partition coefficient (Wildman–Crippen LogP) is 9.51. The Labute approximate surface area is 486 Å². The summed E-state index contributed by atoms with van der Waals surface area (Å²) in [5, 5.41) is 34.8. The summed E-state index contributed by atoms with van der Waals surface area (Å²) in [6.07, 6.45) is 15.7. The smallest absolute Gasteiger partial charge is 0.319 e. The summed E-state index contributed by atoms with van der Waals surface area (Å²) in [6.45, 7) is 13.7. The molecule has 2 bridgehead atoms. The van der Waals surface area contributed by atoms with Crippen molar-refractivity contribution in [2.45, 2.75) is 128 Å². The maximum absolute atomic E-state index is 17.1. The quantitative estimate of drug-likeness (QED) is 0.0708. The second-order valence-electron chi connectivity index (χ2n) is 23.2. The molecule has 4 unspecified atom stereocenters. The Kier molecular flexibility index (Phi) is 17.2. The zero-order valence-corrected chi connectivity index (χ0v) is 48.5. The lowest BCUT2D eigenvalue weighted by molar-refractivity contribution is -0.138. The third kappa shape index (κ3) is 12.5. The van der Waals surface area contributed by atoms with Crippen LogP contribution in [0.1, 0.15) is 114 Å². The number of halogens is 2. The number of fused-ring (bicyclic) bond motifs is 4. The summed E-state index contributed by atoms with van der Waals surface area (Å²) in [4.78, 5) is 54.9. The van der Waals surface area contributed by atoms with E-state index in [1.54, 1.807) is 16.2 Å². The third-order valence-electron chi connectivity index (χ3n) is 17.2. The topological polar surface area (TPSA) is 198 Å². The van der Waals surface area contributed by atoms with E-state index in [-0.39, 0.29) is 82.5 Å². The van der Waals surface area contributed by atoms with Crippen molar-refractivity contribution >= 4 is 56.5 Å². The highest BCUT2D eigenvalue weighted by atomic mass is 32.1. The number of nitrogens with one attached hydrogen (secondary N) is 2. The molecule has 5 aliphatic rings. The van der Waals surface area contributed by atoms with Crippen molar-refractivity contribution in [3.8, 4) is 45.8 Å². The minimum Gasteiger partial charge on any atom is -0.508 e. The molecule has 5 fully saturated rings. The Morgan fingerprint density at radius 3 is 2.42 bits per heavy atom. The van der Waals surface area contributed by atoms with E-state index in [0.717, 1.165) is 66.9 Å². The average Bonchev–Trinajstić information content (AvgIpc) is 4.02. The van der Waals surface area contributed by atoms with Crippen molar-refractivity contribution < 1.29 is 37.8 Å². The van der Waals surface area contributed by atoms with Gasteiger partial charge in [-0.05, 0) is 112 Å². The normalized spacial score (nSPS) is 20.3. The number of phenols is 1. The molecule has 12 rings (SSSR count). The van der Waals surface area contributed by atoms with Crippen LogP contribution in [0.4, 0.5) is 20.4 Å². The number of carbonyl (C=O) groups is 2. The summed E-state index contributed by atoms with van der Waals surface area (Å²) in [7, 11) is 0. The Hall–Kier alpha value is -7.31. The van der Waals surface area contributed by atoms with Gasteiger partial charge in [-0.25, -0.2) is 13.8 Å². The summed E-state index contributed by atoms with van der Waals surface area (Å²) < 4.78 is 44.1. The van der Waals surface area contributed by atoms with Gasteiger partial charge in [0.2, 0.25) is 11.8 Å². The number of ether oxygens (including phenoxy) is 1. The number of anilines is 2. The minimum absolute atomic E-state index is 0.00950. The van der Waals surface area contributed by atoms with Crippen LogP contribution in [-0.4, -0.2) is 140 Å². The molecule has 17 nitrogen and oxygen atoms in total. The van der Waals surface area contributed by atoms with Crippen molar-refractivity contribution in [2.75, 3.05) is 68.8 Å². The van der Waals surface area contributed by atoms with Gasteiger partial charge in [-0.15, -0.1) is 17.8 Å². The van der Waals surface area contributed by atoms with Crippen LogP contribution in [0.2, 0.25) is 0 Å². The number of aromatic nitrogens is 5. The van der Waals surface area contributed by atoms with Crippen LogP contribution in [0.15, 0.2) is 70.8 Å². The molecule has 7 aromatic rings. The first-order valence-electron chi connectivity index (χ1n) is 29.4. The number of benzene rings is 3. The van der Waals surface area contributed by atoms with E-state index in [2.05, 4.69) is 77.3 Å². The number of pyridine rings is 1. The zero-order valence-electron chi connectivity index (χ0n) is 47.7. The molecular weight excluding hydrogens is 1080 g/mol. The first-order chi connectivity index (χ1) is 40.2. The number of hydrogen-bond acceptors (Lipinski definition) is 16. The number of hydrogen-bond donors (Lipinski definition) is 4. The van der Waals surface area contributed by atoms with E-state index in [0.29, 0.717) is 99.0 Å². The minimum atomic E-state index is -0.795. The van der Waals surface area contributed by atoms with E-state index in [1.165, 1.54) is 36.9 Å². The number of aliphatic hydroxyl groups is 1. The van der Waals surface area contributed by atoms with Gasteiger partial charge in [-0.3, -0.25) is 19.5 Å². The van der Waals surface area contributed by atoms with Gasteiger partial charge in [0.1, 0.15) is 47.0 Å². The van der Waals surface area contributed by atoms with Crippen LogP contribution < -0.4 is 25.2 Å². The van der Waals surface area contributed by atoms with Crippen molar-refractivity contribution in [3.63, 3.8) is 0 Å². The van der Waals surface area contributed by atoms with E-state index in [9.17, 15) is 19.8 Å². The third-order valence-corrected chi connectivity index (χ3v) is 18.1. The number of carbonyl (C=O) groups excluding carboxylic acids is 2. The molecule has 4 aromatic heterocycles. The molecule has 83 heavy (non-hydrogen) atoms. The number of thiazole rings is 1. The molecule has 5 aliphatic heterocycles. The molecule has 0 spiro atoms. The first-order valence-corrected chi connectivity index (χ1v) is 30.2. The monoisotopic (exact) mass is 1150 g/mol. The van der Waals surface area contributed by atoms with Crippen molar-refractivity contribution in [1.29, 1.82) is 0 Å². The maximum Gasteiger partial charge on any atom is 0.319 e. The molecule has 5 saturated heterocycles. The standard InChI is InChI=1S/C60H65F2N11O6S.C3H8/c1-4-45-48(61)14-11-40-26-43(74)27-46(52(40)45)54-53(62)55-47(31-63-54)57(72-32-41-12-13-42(33-72)66-41)68-59(67-55)78-25-24-70-22-17-60(77,18-23-70)30-37-15-20-71(21-16-37)50-28-44(79-69-50)29-51(75)73-19-5-6-49(73)58(76)65-35(2)38-7-9-39(10-8-38)56-36(3)64-34-80-56;1-3-2/h1,7-11,14,26-28,31,34-35,37,41-42,49,66,74,77H,5-6,12-13,15-25,29-30,32-33H2,2-3H3,(H,65,76);3H2,1-2H3. The summed E-state index contributed by atoms with van der Waals surface area (Å²) in [5.74, 6) is 2.51. The van der Waals surface area contributed by atoms with E-state index in [1.807, 2.05) is 37.6 Å². The van der Waals surface area contributed by atoms with Crippen molar-refractivity contribution in [2.24, 2.45) is 5.92 Å². The predicted molar refractivity (Wildman–Crippen MR) is 317 cm³/mol. The Morgan fingerprint density at radius 1 is 0.964 bits per heavy atom. The lowest BCUT2D eigenvalue weighted by Crippen LogP contribution is -2.51. The molecule has 436 valence electrons. The van der Waals surface area contributed by atoms with Gasteiger partial charge in [0.05, 0.1) is 45.1 Å². The Balaban J connectivity index is 0.00000235. The van der Waals surface area contributed by atoms with Crippen LogP contribution in [-0.2, 0) is 16.0 Å². The van der Waals surface area contributed by atoms with Crippen LogP contribution >= 0.6 is 11.3 Å². The SMILES string of the molecule is C#Cc1c(F)ccc2cc(O)cc(-c3ncc4c(N5CC6CCC(C5)N6)nc(OCCN5CCC(O)(CC6CCN(c7cc(CC(=O)N8CCCC8C(=O)NC(C)c8ccc(-c9scnc9C)cc8)on7)CC6)CC5)nc4c3F)c12.CCC. The molecule has 3 aromatic carbocycles. The van der Waals surface area contributed by atoms with Gasteiger partial charge in [-0.1, -0.05) is 61.7 Å². The zero-order chi connectivity index (χ0) is 57.9. The number of amides is 2. The van der Waals surface area contributed by atoms with E-state index < -0.39 is 23.3 Å². The van der Waals surface area contributed by atoms with Gasteiger partial charge in [0.25, 0.3) is 0 Å². The molecule has 20 heteroatoms. The highest BCUT2D eigenvalue weighted by Gasteiger charge is 2.39. The van der Waals surface area contributed by atoms with Gasteiger partial charge in [-0.2, -0.15) is 9.97 Å². The highest BCUT2D eigenvalue weighted by Crippen LogP contribution is 2.40. The number of phenolic OH excluding ortho intramolecular Hbond substituents is 1. The Morgan fingerprint density at radius 2 is 1.71 bits per heavy atom. The average molecular weight is 1150 g/mol. The van der Waals surface area contributed by atoms with Gasteiger partial charge in [0.15, 0.2) is 11.6 Å². The fourth-order valence-corrected chi connectivity index (χ4v) is 13.6. The molecule has 2 amide bonds. The molecule has 0 radical (unpaired) electrons. The number of likely N-dealkylation sites (tertiary alicyclic amines) is 2. The van der Waals surface area contributed by atoms with Gasteiger partial charge >= 0.3 is 6.01 Å². The largest absolute Gasteiger partial charge is 0.508 e. The molecule has 0 saturated carbocycles. The van der Waals surface area contributed by atoms with E-state index in [4.69, 9.17) is 20.7 Å². The number of rotatable bonds is 15. The molecule has 9 heterocycles. The maximum atomic E-state index is 17.1. The summed E-state index contributed by atoms with van der Waals surface area (Å²) >= 11 is 1.60. The molecule has 0 aliphatic carbocycles. The van der Waals surface area contributed by atoms with E-state index >= 15 is 8.78 Å². The second-order valence-corrected chi connectivity index (χ2v) is 24.0.